The minimum atomic E-state index is -2.83. The molecule has 76 valence electrons. The van der Waals surface area contributed by atoms with E-state index in [0.717, 1.165) is 0 Å². The zero-order valence-electron chi connectivity index (χ0n) is 7.81. The van der Waals surface area contributed by atoms with Crippen molar-refractivity contribution in [3.05, 3.63) is 29.3 Å². The molecule has 0 aromatic heterocycles. The van der Waals surface area contributed by atoms with Crippen LogP contribution in [0.1, 0.15) is 11.1 Å². The molecule has 0 radical (unpaired) electrons. The van der Waals surface area contributed by atoms with Crippen LogP contribution in [0.15, 0.2) is 18.2 Å². The quantitative estimate of drug-likeness (QED) is 0.745. The Morgan fingerprint density at radius 1 is 1.43 bits per heavy atom. The van der Waals surface area contributed by atoms with E-state index >= 15 is 0 Å². The van der Waals surface area contributed by atoms with Crippen LogP contribution in [0.5, 0.6) is 5.75 Å². The van der Waals surface area contributed by atoms with E-state index in [1.807, 2.05) is 0 Å². The zero-order chi connectivity index (χ0) is 10.2. The van der Waals surface area contributed by atoms with Gasteiger partial charge in [0.25, 0.3) is 5.92 Å². The summed E-state index contributed by atoms with van der Waals surface area (Å²) in [6, 6.07) is 4.98. The number of rotatable bonds is 1. The van der Waals surface area contributed by atoms with Gasteiger partial charge in [0.2, 0.25) is 0 Å². The van der Waals surface area contributed by atoms with Crippen molar-refractivity contribution in [3.8, 4) is 5.75 Å². The Hall–Kier alpha value is -1.16. The highest BCUT2D eigenvalue weighted by molar-refractivity contribution is 5.44. The van der Waals surface area contributed by atoms with Gasteiger partial charge < -0.3 is 10.1 Å². The van der Waals surface area contributed by atoms with Gasteiger partial charge in [-0.3, -0.25) is 0 Å². The van der Waals surface area contributed by atoms with Gasteiger partial charge in [0, 0.05) is 6.54 Å². The molecule has 2 nitrogen and oxygen atoms in total. The van der Waals surface area contributed by atoms with Gasteiger partial charge in [0.15, 0.2) is 0 Å². The second-order valence-corrected chi connectivity index (χ2v) is 3.30. The number of benzene rings is 1. The standard InChI is InChI=1S/C10H11F2NO/c1-14-8-4-2-3-7-5-13-6-10(11,12)9(7)8/h2-4,13H,5-6H2,1H3. The molecule has 0 atom stereocenters. The largest absolute Gasteiger partial charge is 0.496 e. The summed E-state index contributed by atoms with van der Waals surface area (Å²) < 4.78 is 31.9. The molecule has 0 spiro atoms. The Morgan fingerprint density at radius 2 is 2.21 bits per heavy atom. The number of nitrogens with one attached hydrogen (secondary N) is 1. The topological polar surface area (TPSA) is 21.3 Å². The van der Waals surface area contributed by atoms with Crippen molar-refractivity contribution in [1.82, 2.24) is 5.32 Å². The third-order valence-electron chi connectivity index (χ3n) is 2.36. The molecule has 0 aliphatic carbocycles. The van der Waals surface area contributed by atoms with Crippen LogP contribution in [-0.4, -0.2) is 13.7 Å². The normalized spacial score (nSPS) is 18.8. The highest BCUT2D eigenvalue weighted by Gasteiger charge is 2.39. The third kappa shape index (κ3) is 1.35. The fourth-order valence-corrected chi connectivity index (χ4v) is 1.75. The van der Waals surface area contributed by atoms with Crippen LogP contribution in [0.4, 0.5) is 8.78 Å². The third-order valence-corrected chi connectivity index (χ3v) is 2.36. The van der Waals surface area contributed by atoms with E-state index in [1.165, 1.54) is 7.11 Å². The van der Waals surface area contributed by atoms with Gasteiger partial charge in [-0.25, -0.2) is 0 Å². The fourth-order valence-electron chi connectivity index (χ4n) is 1.75. The molecule has 0 amide bonds. The summed E-state index contributed by atoms with van der Waals surface area (Å²) in [5.74, 6) is -2.56. The summed E-state index contributed by atoms with van der Waals surface area (Å²) in [5, 5.41) is 2.68. The van der Waals surface area contributed by atoms with Gasteiger partial charge in [-0.15, -0.1) is 0 Å². The van der Waals surface area contributed by atoms with Crippen molar-refractivity contribution in [3.63, 3.8) is 0 Å². The highest BCUT2D eigenvalue weighted by atomic mass is 19.3. The molecule has 0 unspecified atom stereocenters. The molecular weight excluding hydrogens is 188 g/mol. The maximum atomic E-state index is 13.5. The predicted molar refractivity (Wildman–Crippen MR) is 48.6 cm³/mol. The van der Waals surface area contributed by atoms with Crippen LogP contribution >= 0.6 is 0 Å². The number of fused-ring (bicyclic) bond motifs is 1. The lowest BCUT2D eigenvalue weighted by atomic mass is 9.97. The maximum absolute atomic E-state index is 13.5. The molecule has 1 heterocycles. The van der Waals surface area contributed by atoms with Gasteiger partial charge >= 0.3 is 0 Å². The Kier molecular flexibility index (Phi) is 2.15. The minimum absolute atomic E-state index is 0.0289. The summed E-state index contributed by atoms with van der Waals surface area (Å²) in [4.78, 5) is 0. The van der Waals surface area contributed by atoms with Crippen molar-refractivity contribution in [2.24, 2.45) is 0 Å². The van der Waals surface area contributed by atoms with E-state index in [9.17, 15) is 8.78 Å². The summed E-state index contributed by atoms with van der Waals surface area (Å²) in [6.45, 7) is 0.155. The second kappa shape index (κ2) is 3.20. The molecule has 14 heavy (non-hydrogen) atoms. The van der Waals surface area contributed by atoms with Gasteiger partial charge in [0.1, 0.15) is 5.75 Å². The van der Waals surface area contributed by atoms with Crippen molar-refractivity contribution in [1.29, 1.82) is 0 Å². The number of hydrogen-bond acceptors (Lipinski definition) is 2. The molecule has 1 N–H and O–H groups in total. The van der Waals surface area contributed by atoms with Gasteiger partial charge in [-0.2, -0.15) is 8.78 Å². The van der Waals surface area contributed by atoms with Crippen molar-refractivity contribution < 1.29 is 13.5 Å². The molecule has 0 fully saturated rings. The molecule has 0 bridgehead atoms. The lowest BCUT2D eigenvalue weighted by molar-refractivity contribution is -0.0129. The molecule has 4 heteroatoms. The summed E-state index contributed by atoms with van der Waals surface area (Å²) in [5.41, 5.74) is 0.641. The van der Waals surface area contributed by atoms with E-state index in [0.29, 0.717) is 12.1 Å². The number of hydrogen-bond donors (Lipinski definition) is 1. The lowest BCUT2D eigenvalue weighted by Gasteiger charge is -2.27. The monoisotopic (exact) mass is 199 g/mol. The number of alkyl halides is 2. The second-order valence-electron chi connectivity index (χ2n) is 3.30. The molecule has 0 saturated carbocycles. The lowest BCUT2D eigenvalue weighted by Crippen LogP contribution is -2.37. The molecule has 2 rings (SSSR count). The minimum Gasteiger partial charge on any atom is -0.496 e. The molecule has 1 aromatic carbocycles. The smallest absolute Gasteiger partial charge is 0.289 e. The van der Waals surface area contributed by atoms with E-state index in [1.54, 1.807) is 18.2 Å². The molecule has 1 aliphatic heterocycles. The SMILES string of the molecule is COc1cccc2c1C(F)(F)CNC2. The Balaban J connectivity index is 2.58. The van der Waals surface area contributed by atoms with Gasteiger partial charge in [-0.05, 0) is 11.6 Å². The summed E-state index contributed by atoms with van der Waals surface area (Å²) in [6.07, 6.45) is 0. The fraction of sp³-hybridized carbons (Fsp3) is 0.400. The van der Waals surface area contributed by atoms with Gasteiger partial charge in [0.05, 0.1) is 19.2 Å². The van der Waals surface area contributed by atoms with Crippen LogP contribution in [0.3, 0.4) is 0 Å². The van der Waals surface area contributed by atoms with E-state index in [4.69, 9.17) is 4.74 Å². The Bertz CT molecular complexity index is 338. The Morgan fingerprint density at radius 3 is 2.93 bits per heavy atom. The first-order valence-corrected chi connectivity index (χ1v) is 4.40. The molecule has 1 aromatic rings. The van der Waals surface area contributed by atoms with Crippen LogP contribution < -0.4 is 10.1 Å². The maximum Gasteiger partial charge on any atom is 0.289 e. The van der Waals surface area contributed by atoms with Crippen LogP contribution in [-0.2, 0) is 12.5 Å². The first kappa shape index (κ1) is 9.40. The number of methoxy groups -OCH3 is 1. The highest BCUT2D eigenvalue weighted by Crippen LogP contribution is 2.39. The summed E-state index contributed by atoms with van der Waals surface area (Å²) >= 11 is 0. The van der Waals surface area contributed by atoms with E-state index < -0.39 is 5.92 Å². The van der Waals surface area contributed by atoms with Gasteiger partial charge in [-0.1, -0.05) is 12.1 Å². The molecule has 0 saturated heterocycles. The Labute approximate surface area is 80.9 Å². The average molecular weight is 199 g/mol. The van der Waals surface area contributed by atoms with Crippen molar-refractivity contribution in [2.75, 3.05) is 13.7 Å². The molecule has 1 aliphatic rings. The molecular formula is C10H11F2NO. The summed E-state index contributed by atoms with van der Waals surface area (Å²) in [7, 11) is 1.41. The average Bonchev–Trinajstić information content (AvgIpc) is 2.16. The number of halogens is 2. The van der Waals surface area contributed by atoms with Crippen molar-refractivity contribution in [2.45, 2.75) is 12.5 Å². The first-order chi connectivity index (χ1) is 6.65. The van der Waals surface area contributed by atoms with E-state index in [-0.39, 0.29) is 17.9 Å². The predicted octanol–water partition coefficient (Wildman–Crippen LogP) is 1.89. The zero-order valence-corrected chi connectivity index (χ0v) is 7.81. The van der Waals surface area contributed by atoms with Crippen LogP contribution in [0, 0.1) is 0 Å². The van der Waals surface area contributed by atoms with E-state index in [2.05, 4.69) is 5.32 Å². The number of ether oxygens (including phenoxy) is 1. The first-order valence-electron chi connectivity index (χ1n) is 4.40. The van der Waals surface area contributed by atoms with Crippen LogP contribution in [0.25, 0.3) is 0 Å². The van der Waals surface area contributed by atoms with Crippen LogP contribution in [0.2, 0.25) is 0 Å². The van der Waals surface area contributed by atoms with Crippen molar-refractivity contribution >= 4 is 0 Å².